The summed E-state index contributed by atoms with van der Waals surface area (Å²) in [4.78, 5) is 9.90. The molecular formula is C6H11F2NO2S. The molecule has 0 aromatic rings. The number of thioether (sulfide) groups is 1. The maximum Gasteiger partial charge on any atom is 0.375 e. The molecule has 12 heavy (non-hydrogen) atoms. The third-order valence-electron chi connectivity index (χ3n) is 1.09. The van der Waals surface area contributed by atoms with Crippen LogP contribution in [-0.4, -0.2) is 35.0 Å². The van der Waals surface area contributed by atoms with Crippen LogP contribution in [0.25, 0.3) is 0 Å². The molecule has 0 amide bonds. The Morgan fingerprint density at radius 3 is 2.58 bits per heavy atom. The SMILES string of the molecule is NCCCSCC(F)(F)C(=O)O. The van der Waals surface area contributed by atoms with Crippen molar-refractivity contribution >= 4 is 17.7 Å². The molecule has 0 bridgehead atoms. The van der Waals surface area contributed by atoms with Crippen LogP contribution in [0.4, 0.5) is 8.78 Å². The number of alkyl halides is 2. The van der Waals surface area contributed by atoms with E-state index in [1.54, 1.807) is 0 Å². The Hall–Kier alpha value is -0.360. The van der Waals surface area contributed by atoms with Gasteiger partial charge in [0.25, 0.3) is 0 Å². The minimum Gasteiger partial charge on any atom is -0.477 e. The Morgan fingerprint density at radius 2 is 2.17 bits per heavy atom. The summed E-state index contributed by atoms with van der Waals surface area (Å²) < 4.78 is 24.6. The summed E-state index contributed by atoms with van der Waals surface area (Å²) in [6.07, 6.45) is 0.625. The van der Waals surface area contributed by atoms with E-state index in [1.165, 1.54) is 0 Å². The predicted octanol–water partition coefficient (Wildman–Crippen LogP) is 0.788. The first-order valence-corrected chi connectivity index (χ1v) is 4.55. The molecule has 72 valence electrons. The van der Waals surface area contributed by atoms with Gasteiger partial charge in [-0.15, -0.1) is 0 Å². The summed E-state index contributed by atoms with van der Waals surface area (Å²) in [5.41, 5.74) is 5.12. The lowest BCUT2D eigenvalue weighted by Crippen LogP contribution is -2.31. The van der Waals surface area contributed by atoms with Gasteiger partial charge < -0.3 is 10.8 Å². The molecule has 0 aliphatic carbocycles. The number of carboxylic acid groups (broad SMARTS) is 1. The van der Waals surface area contributed by atoms with Crippen molar-refractivity contribution in [2.75, 3.05) is 18.1 Å². The van der Waals surface area contributed by atoms with Crippen LogP contribution in [0.5, 0.6) is 0 Å². The molecule has 6 heteroatoms. The average Bonchev–Trinajstić information content (AvgIpc) is 1.98. The molecule has 0 aromatic carbocycles. The van der Waals surface area contributed by atoms with Gasteiger partial charge in [0.05, 0.1) is 5.75 Å². The molecule has 0 aliphatic heterocycles. The highest BCUT2D eigenvalue weighted by Crippen LogP contribution is 2.20. The van der Waals surface area contributed by atoms with Gasteiger partial charge in [0.1, 0.15) is 0 Å². The molecule has 0 fully saturated rings. The fourth-order valence-electron chi connectivity index (χ4n) is 0.447. The van der Waals surface area contributed by atoms with Gasteiger partial charge in [-0.1, -0.05) is 0 Å². The van der Waals surface area contributed by atoms with E-state index in [0.717, 1.165) is 11.8 Å². The van der Waals surface area contributed by atoms with E-state index in [1.807, 2.05) is 0 Å². The molecule has 0 rings (SSSR count). The molecule has 0 spiro atoms. The van der Waals surface area contributed by atoms with Gasteiger partial charge in [0.15, 0.2) is 0 Å². The lowest BCUT2D eigenvalue weighted by Gasteiger charge is -2.09. The van der Waals surface area contributed by atoms with E-state index in [2.05, 4.69) is 0 Å². The standard InChI is InChI=1S/C6H11F2NO2S/c7-6(8,5(10)11)4-12-3-1-2-9/h1-4,9H2,(H,10,11). The van der Waals surface area contributed by atoms with Crippen molar-refractivity contribution in [2.45, 2.75) is 12.3 Å². The highest BCUT2D eigenvalue weighted by atomic mass is 32.2. The molecule has 3 N–H and O–H groups in total. The van der Waals surface area contributed by atoms with E-state index >= 15 is 0 Å². The molecule has 0 atom stereocenters. The van der Waals surface area contributed by atoms with Gasteiger partial charge in [-0.25, -0.2) is 4.79 Å². The van der Waals surface area contributed by atoms with Crippen molar-refractivity contribution in [3.8, 4) is 0 Å². The summed E-state index contributed by atoms with van der Waals surface area (Å²) in [6, 6.07) is 0. The summed E-state index contributed by atoms with van der Waals surface area (Å²) in [5, 5.41) is 8.01. The number of nitrogens with two attached hydrogens (primary N) is 1. The highest BCUT2D eigenvalue weighted by molar-refractivity contribution is 7.99. The van der Waals surface area contributed by atoms with E-state index < -0.39 is 17.6 Å². The molecule has 3 nitrogen and oxygen atoms in total. The van der Waals surface area contributed by atoms with Crippen molar-refractivity contribution in [3.63, 3.8) is 0 Å². The number of carboxylic acids is 1. The van der Waals surface area contributed by atoms with E-state index in [0.29, 0.717) is 18.7 Å². The molecule has 0 heterocycles. The zero-order chi connectivity index (χ0) is 9.61. The zero-order valence-corrected chi connectivity index (χ0v) is 7.24. The summed E-state index contributed by atoms with van der Waals surface area (Å²) in [7, 11) is 0. The lowest BCUT2D eigenvalue weighted by atomic mass is 10.4. The van der Waals surface area contributed by atoms with Crippen molar-refractivity contribution in [3.05, 3.63) is 0 Å². The summed E-state index contributed by atoms with van der Waals surface area (Å²) in [6.45, 7) is 0.436. The Balaban J connectivity index is 3.54. The minimum absolute atomic E-state index is 0.436. The van der Waals surface area contributed by atoms with Crippen molar-refractivity contribution in [1.29, 1.82) is 0 Å². The Morgan fingerprint density at radius 1 is 1.58 bits per heavy atom. The van der Waals surface area contributed by atoms with Crippen molar-refractivity contribution < 1.29 is 18.7 Å². The van der Waals surface area contributed by atoms with Crippen LogP contribution >= 0.6 is 11.8 Å². The van der Waals surface area contributed by atoms with Crippen LogP contribution in [0.3, 0.4) is 0 Å². The fourth-order valence-corrected chi connectivity index (χ4v) is 1.34. The van der Waals surface area contributed by atoms with E-state index in [-0.39, 0.29) is 0 Å². The topological polar surface area (TPSA) is 63.3 Å². The fraction of sp³-hybridized carbons (Fsp3) is 0.833. The smallest absolute Gasteiger partial charge is 0.375 e. The van der Waals surface area contributed by atoms with Gasteiger partial charge in [0, 0.05) is 0 Å². The third kappa shape index (κ3) is 4.50. The first-order valence-electron chi connectivity index (χ1n) is 3.39. The van der Waals surface area contributed by atoms with Gasteiger partial charge in [-0.3, -0.25) is 0 Å². The second-order valence-electron chi connectivity index (χ2n) is 2.20. The first-order chi connectivity index (χ1) is 5.50. The maximum absolute atomic E-state index is 12.3. The van der Waals surface area contributed by atoms with Crippen LogP contribution in [0, 0.1) is 0 Å². The Labute approximate surface area is 73.3 Å². The summed E-state index contributed by atoms with van der Waals surface area (Å²) in [5.74, 6) is -5.89. The van der Waals surface area contributed by atoms with E-state index in [4.69, 9.17) is 10.8 Å². The monoisotopic (exact) mass is 199 g/mol. The highest BCUT2D eigenvalue weighted by Gasteiger charge is 2.38. The molecule has 0 saturated heterocycles. The first kappa shape index (κ1) is 11.6. The molecule has 0 radical (unpaired) electrons. The Kier molecular flexibility index (Phi) is 5.16. The van der Waals surface area contributed by atoms with Crippen LogP contribution in [0.1, 0.15) is 6.42 Å². The van der Waals surface area contributed by atoms with Crippen molar-refractivity contribution in [2.24, 2.45) is 5.73 Å². The van der Waals surface area contributed by atoms with Gasteiger partial charge in [-0.2, -0.15) is 20.5 Å². The number of carbonyl (C=O) groups is 1. The van der Waals surface area contributed by atoms with Crippen LogP contribution in [0.15, 0.2) is 0 Å². The Bertz CT molecular complexity index is 154. The number of hydrogen-bond acceptors (Lipinski definition) is 3. The van der Waals surface area contributed by atoms with Crippen LogP contribution < -0.4 is 5.73 Å². The van der Waals surface area contributed by atoms with Crippen molar-refractivity contribution in [1.82, 2.24) is 0 Å². The number of halogens is 2. The van der Waals surface area contributed by atoms with Crippen LogP contribution in [-0.2, 0) is 4.79 Å². The van der Waals surface area contributed by atoms with Gasteiger partial charge in [-0.05, 0) is 18.7 Å². The second-order valence-corrected chi connectivity index (χ2v) is 3.31. The largest absolute Gasteiger partial charge is 0.477 e. The molecule has 0 saturated carbocycles. The lowest BCUT2D eigenvalue weighted by molar-refractivity contribution is -0.161. The van der Waals surface area contributed by atoms with Gasteiger partial charge >= 0.3 is 11.9 Å². The molecule has 0 aromatic heterocycles. The van der Waals surface area contributed by atoms with Crippen LogP contribution in [0.2, 0.25) is 0 Å². The quantitative estimate of drug-likeness (QED) is 0.621. The zero-order valence-electron chi connectivity index (χ0n) is 6.43. The van der Waals surface area contributed by atoms with Gasteiger partial charge in [0.2, 0.25) is 0 Å². The third-order valence-corrected chi connectivity index (χ3v) is 2.23. The molecule has 0 unspecified atom stereocenters. The van der Waals surface area contributed by atoms with E-state index in [9.17, 15) is 13.6 Å². The molecule has 0 aliphatic rings. The second kappa shape index (κ2) is 5.31. The normalized spacial score (nSPS) is 11.6. The number of hydrogen-bond donors (Lipinski definition) is 2. The number of rotatable bonds is 6. The summed E-state index contributed by atoms with van der Waals surface area (Å²) >= 11 is 0.902. The maximum atomic E-state index is 12.3. The minimum atomic E-state index is -3.61. The number of aliphatic carboxylic acids is 1. The molecular weight excluding hydrogens is 188 g/mol. The predicted molar refractivity (Wildman–Crippen MR) is 43.6 cm³/mol. The average molecular weight is 199 g/mol.